The van der Waals surface area contributed by atoms with Crippen molar-refractivity contribution in [1.82, 2.24) is 0 Å². The van der Waals surface area contributed by atoms with Crippen LogP contribution in [0.1, 0.15) is 42.4 Å². The van der Waals surface area contributed by atoms with E-state index in [4.69, 9.17) is 0 Å². The zero-order valence-corrected chi connectivity index (χ0v) is 23.2. The molecular weight excluding hydrogens is 470 g/mol. The number of hydrogen-bond acceptors (Lipinski definition) is 1. The van der Waals surface area contributed by atoms with Crippen LogP contribution in [0, 0.1) is 13.8 Å². The lowest BCUT2D eigenvalue weighted by atomic mass is 9.98. The molecule has 0 bridgehead atoms. The molecule has 0 heterocycles. The van der Waals surface area contributed by atoms with Crippen molar-refractivity contribution in [2.45, 2.75) is 39.5 Å². The summed E-state index contributed by atoms with van der Waals surface area (Å²) in [4.78, 5) is 2.35. The summed E-state index contributed by atoms with van der Waals surface area (Å²) in [6.07, 6.45) is 17.7. The number of aryl methyl sites for hydroxylation is 2. The number of anilines is 2. The van der Waals surface area contributed by atoms with Crippen LogP contribution in [0.2, 0.25) is 0 Å². The molecule has 0 amide bonds. The molecule has 2 aliphatic carbocycles. The summed E-state index contributed by atoms with van der Waals surface area (Å²) >= 11 is 0. The molecular formula is C38H39N. The van der Waals surface area contributed by atoms with E-state index in [0.717, 1.165) is 12.8 Å². The van der Waals surface area contributed by atoms with Crippen molar-refractivity contribution in [3.63, 3.8) is 0 Å². The molecule has 0 radical (unpaired) electrons. The molecule has 39 heavy (non-hydrogen) atoms. The molecule has 0 spiro atoms. The van der Waals surface area contributed by atoms with E-state index in [2.05, 4.69) is 152 Å². The average Bonchev–Trinajstić information content (AvgIpc) is 3.01. The average molecular weight is 510 g/mol. The van der Waals surface area contributed by atoms with Crippen molar-refractivity contribution in [2.24, 2.45) is 0 Å². The minimum absolute atomic E-state index is 1.08. The number of benzene rings is 4. The van der Waals surface area contributed by atoms with Gasteiger partial charge in [-0.15, -0.1) is 0 Å². The number of nitrogens with zero attached hydrogens (tertiary/aromatic N) is 1. The topological polar surface area (TPSA) is 3.24 Å². The second kappa shape index (κ2) is 15.1. The number of para-hydroxylation sites is 1. The Morgan fingerprint density at radius 1 is 0.487 bits per heavy atom. The summed E-state index contributed by atoms with van der Waals surface area (Å²) in [6, 6.07) is 40.2. The SMILES string of the molecule is C1=CCCC(c2ccccc2)=C1.Cc1ccc(N(C2=CC=CCC2)c2ccccc2)cc1.Cc1ccccc1. The fourth-order valence-corrected chi connectivity index (χ4v) is 4.56. The lowest BCUT2D eigenvalue weighted by molar-refractivity contribution is 0.917. The first-order chi connectivity index (χ1) is 19.2. The summed E-state index contributed by atoms with van der Waals surface area (Å²) in [5.41, 5.74) is 9.23. The van der Waals surface area contributed by atoms with Crippen molar-refractivity contribution in [1.29, 1.82) is 0 Å². The van der Waals surface area contributed by atoms with Crippen LogP contribution in [0.25, 0.3) is 5.57 Å². The largest absolute Gasteiger partial charge is 0.314 e. The molecule has 196 valence electrons. The van der Waals surface area contributed by atoms with Gasteiger partial charge < -0.3 is 4.90 Å². The van der Waals surface area contributed by atoms with Gasteiger partial charge in [-0.05, 0) is 81.0 Å². The first-order valence-corrected chi connectivity index (χ1v) is 13.9. The van der Waals surface area contributed by atoms with Crippen LogP contribution < -0.4 is 4.90 Å². The molecule has 0 aliphatic heterocycles. The Hall–Kier alpha value is -4.36. The highest BCUT2D eigenvalue weighted by Crippen LogP contribution is 2.32. The molecule has 4 aromatic rings. The molecule has 4 aromatic carbocycles. The van der Waals surface area contributed by atoms with E-state index in [-0.39, 0.29) is 0 Å². The Balaban J connectivity index is 0.000000156. The van der Waals surface area contributed by atoms with Gasteiger partial charge in [0.05, 0.1) is 0 Å². The van der Waals surface area contributed by atoms with Gasteiger partial charge in [-0.3, -0.25) is 0 Å². The zero-order chi connectivity index (χ0) is 27.1. The molecule has 0 aromatic heterocycles. The molecule has 1 heteroatoms. The lowest BCUT2D eigenvalue weighted by Gasteiger charge is -2.28. The molecule has 0 fully saturated rings. The second-order valence-electron chi connectivity index (χ2n) is 9.81. The molecule has 6 rings (SSSR count). The highest BCUT2D eigenvalue weighted by molar-refractivity contribution is 5.69. The van der Waals surface area contributed by atoms with Gasteiger partial charge in [0.1, 0.15) is 0 Å². The summed E-state index contributed by atoms with van der Waals surface area (Å²) in [6.45, 7) is 4.21. The van der Waals surface area contributed by atoms with Crippen molar-refractivity contribution in [2.75, 3.05) is 4.90 Å². The van der Waals surface area contributed by atoms with Gasteiger partial charge in [-0.1, -0.05) is 133 Å². The minimum atomic E-state index is 1.08. The van der Waals surface area contributed by atoms with Crippen LogP contribution in [0.4, 0.5) is 11.4 Å². The van der Waals surface area contributed by atoms with E-state index in [1.807, 2.05) is 18.2 Å². The van der Waals surface area contributed by atoms with E-state index in [1.54, 1.807) is 0 Å². The predicted molar refractivity (Wildman–Crippen MR) is 170 cm³/mol. The maximum atomic E-state index is 2.35. The van der Waals surface area contributed by atoms with Gasteiger partial charge >= 0.3 is 0 Å². The normalized spacial score (nSPS) is 13.6. The maximum Gasteiger partial charge on any atom is 0.0458 e. The Morgan fingerprint density at radius 2 is 1.00 bits per heavy atom. The zero-order valence-electron chi connectivity index (χ0n) is 23.2. The van der Waals surface area contributed by atoms with Gasteiger partial charge in [0.25, 0.3) is 0 Å². The molecule has 2 aliphatic rings. The van der Waals surface area contributed by atoms with Crippen molar-refractivity contribution < 1.29 is 0 Å². The summed E-state index contributed by atoms with van der Waals surface area (Å²) in [5.74, 6) is 0. The third-order valence-electron chi connectivity index (χ3n) is 6.68. The number of rotatable bonds is 4. The van der Waals surface area contributed by atoms with Crippen LogP contribution in [0.3, 0.4) is 0 Å². The van der Waals surface area contributed by atoms with E-state index in [1.165, 1.54) is 52.2 Å². The van der Waals surface area contributed by atoms with Crippen LogP contribution in [-0.2, 0) is 0 Å². The van der Waals surface area contributed by atoms with E-state index in [0.29, 0.717) is 0 Å². The molecule has 0 unspecified atom stereocenters. The van der Waals surface area contributed by atoms with Crippen LogP contribution in [-0.4, -0.2) is 0 Å². The Labute approximate surface area is 235 Å². The maximum absolute atomic E-state index is 2.35. The summed E-state index contributed by atoms with van der Waals surface area (Å²) in [7, 11) is 0. The fraction of sp³-hybridized carbons (Fsp3) is 0.158. The highest BCUT2D eigenvalue weighted by Gasteiger charge is 2.14. The summed E-state index contributed by atoms with van der Waals surface area (Å²) in [5, 5.41) is 0. The summed E-state index contributed by atoms with van der Waals surface area (Å²) < 4.78 is 0. The van der Waals surface area contributed by atoms with Gasteiger partial charge in [-0.2, -0.15) is 0 Å². The van der Waals surface area contributed by atoms with Crippen molar-refractivity contribution >= 4 is 16.9 Å². The monoisotopic (exact) mass is 509 g/mol. The van der Waals surface area contributed by atoms with Crippen LogP contribution in [0.5, 0.6) is 0 Å². The molecule has 0 N–H and O–H groups in total. The highest BCUT2D eigenvalue weighted by atomic mass is 15.1. The van der Waals surface area contributed by atoms with Crippen molar-refractivity contribution in [3.05, 3.63) is 174 Å². The van der Waals surface area contributed by atoms with E-state index >= 15 is 0 Å². The quantitative estimate of drug-likeness (QED) is 0.264. The van der Waals surface area contributed by atoms with Crippen molar-refractivity contribution in [3.8, 4) is 0 Å². The number of allylic oxidation sites excluding steroid dienone is 8. The van der Waals surface area contributed by atoms with Gasteiger partial charge in [-0.25, -0.2) is 0 Å². The fourth-order valence-electron chi connectivity index (χ4n) is 4.56. The molecule has 1 nitrogen and oxygen atoms in total. The van der Waals surface area contributed by atoms with Gasteiger partial charge in [0, 0.05) is 17.1 Å². The number of hydrogen-bond donors (Lipinski definition) is 0. The Kier molecular flexibility index (Phi) is 10.7. The standard InChI is InChI=1S/C19H19N.C12H12.C7H8/c1-16-12-14-19(15-13-16)20(17-8-4-2-5-9-17)18-10-6-3-7-11-18;1-3-7-11(8-4-1)12-9-5-2-6-10-12;1-7-5-3-2-4-6-7/h2-6,8-10,12-15H,7,11H2,1H3;1-5,7-9H,6,10H2;2-6H,1H3. The predicted octanol–water partition coefficient (Wildman–Crippen LogP) is 10.8. The molecule has 0 saturated heterocycles. The minimum Gasteiger partial charge on any atom is -0.314 e. The van der Waals surface area contributed by atoms with Crippen LogP contribution in [0.15, 0.2) is 157 Å². The molecule has 0 saturated carbocycles. The Morgan fingerprint density at radius 3 is 1.51 bits per heavy atom. The lowest BCUT2D eigenvalue weighted by Crippen LogP contribution is -2.17. The third kappa shape index (κ3) is 8.86. The Bertz CT molecular complexity index is 1380. The smallest absolute Gasteiger partial charge is 0.0458 e. The van der Waals surface area contributed by atoms with E-state index in [9.17, 15) is 0 Å². The first-order valence-electron chi connectivity index (χ1n) is 13.9. The first kappa shape index (κ1) is 27.7. The van der Waals surface area contributed by atoms with Crippen LogP contribution >= 0.6 is 0 Å². The van der Waals surface area contributed by atoms with E-state index < -0.39 is 0 Å². The molecule has 0 atom stereocenters. The third-order valence-corrected chi connectivity index (χ3v) is 6.68. The second-order valence-corrected chi connectivity index (χ2v) is 9.81. The van der Waals surface area contributed by atoms with Gasteiger partial charge in [0.2, 0.25) is 0 Å². The van der Waals surface area contributed by atoms with Gasteiger partial charge in [0.15, 0.2) is 0 Å².